The van der Waals surface area contributed by atoms with E-state index >= 15 is 0 Å². The number of piperazine rings is 1. The molecule has 2 N–H and O–H groups in total. The fourth-order valence-electron chi connectivity index (χ4n) is 6.69. The van der Waals surface area contributed by atoms with Gasteiger partial charge in [0.2, 0.25) is 11.8 Å². The minimum Gasteiger partial charge on any atom is -0.326 e. The molecule has 0 aromatic rings. The van der Waals surface area contributed by atoms with Gasteiger partial charge in [0.15, 0.2) is 0 Å². The highest BCUT2D eigenvalue weighted by atomic mass is 16.2. The number of carbonyl (C=O) groups excluding carboxylic acids is 2. The Labute approximate surface area is 170 Å². The van der Waals surface area contributed by atoms with E-state index in [2.05, 4.69) is 20.8 Å². The van der Waals surface area contributed by atoms with E-state index in [0.29, 0.717) is 6.54 Å². The van der Waals surface area contributed by atoms with Crippen molar-refractivity contribution in [3.05, 3.63) is 0 Å². The lowest BCUT2D eigenvalue weighted by Gasteiger charge is -2.47. The first kappa shape index (κ1) is 20.3. The highest BCUT2D eigenvalue weighted by Gasteiger charge is 2.64. The molecule has 0 radical (unpaired) electrons. The minimum atomic E-state index is -0.354. The van der Waals surface area contributed by atoms with E-state index in [0.717, 1.165) is 31.8 Å². The molecular weight excluding hydrogens is 350 g/mol. The van der Waals surface area contributed by atoms with Crippen LogP contribution in [0, 0.1) is 16.7 Å². The molecule has 2 amide bonds. The molecule has 2 saturated heterocycles. The van der Waals surface area contributed by atoms with Gasteiger partial charge < -0.3 is 9.80 Å². The van der Waals surface area contributed by atoms with E-state index in [9.17, 15) is 9.59 Å². The standard InChI is InChI=1S/C23H39N3O2/c1-22(2)19-10-11-23(22,3)21(28)26(20(19)27)13-7-12-24-14-16-25(17-15-24)18-8-5-4-6-9-18/h18-19H,4-17H2,1-3H3/p+2. The van der Waals surface area contributed by atoms with Crippen LogP contribution in [0.3, 0.4) is 0 Å². The van der Waals surface area contributed by atoms with Crippen LogP contribution in [0.1, 0.15) is 72.1 Å². The molecule has 5 nitrogen and oxygen atoms in total. The molecule has 2 saturated carbocycles. The van der Waals surface area contributed by atoms with Crippen molar-refractivity contribution in [2.75, 3.05) is 39.3 Å². The van der Waals surface area contributed by atoms with E-state index in [4.69, 9.17) is 0 Å². The first-order chi connectivity index (χ1) is 13.3. The third-order valence-electron chi connectivity index (χ3n) is 9.20. The highest BCUT2D eigenvalue weighted by molar-refractivity contribution is 6.03. The Morgan fingerprint density at radius 1 is 0.964 bits per heavy atom. The number of likely N-dealkylation sites (tertiary alicyclic amines) is 1. The number of amides is 2. The number of nitrogens with one attached hydrogen (secondary N) is 2. The molecule has 2 atom stereocenters. The molecule has 5 heteroatoms. The van der Waals surface area contributed by atoms with Crippen molar-refractivity contribution in [2.45, 2.75) is 78.2 Å². The number of rotatable bonds is 5. The van der Waals surface area contributed by atoms with E-state index in [1.165, 1.54) is 58.3 Å². The summed E-state index contributed by atoms with van der Waals surface area (Å²) >= 11 is 0. The van der Waals surface area contributed by atoms with Gasteiger partial charge in [0.25, 0.3) is 0 Å². The lowest BCUT2D eigenvalue weighted by atomic mass is 9.62. The lowest BCUT2D eigenvalue weighted by molar-refractivity contribution is -1.02. The van der Waals surface area contributed by atoms with Crippen LogP contribution in [0.4, 0.5) is 0 Å². The zero-order valence-electron chi connectivity index (χ0n) is 18.3. The highest BCUT2D eigenvalue weighted by Crippen LogP contribution is 2.59. The lowest BCUT2D eigenvalue weighted by Crippen LogP contribution is -3.29. The Kier molecular flexibility index (Phi) is 5.60. The van der Waals surface area contributed by atoms with Gasteiger partial charge in [-0.2, -0.15) is 0 Å². The Morgan fingerprint density at radius 2 is 1.64 bits per heavy atom. The van der Waals surface area contributed by atoms with Gasteiger partial charge in [-0.3, -0.25) is 14.5 Å². The van der Waals surface area contributed by atoms with Crippen LogP contribution in [0.25, 0.3) is 0 Å². The number of fused-ring (bicyclic) bond motifs is 2. The molecule has 4 rings (SSSR count). The SMILES string of the molecule is CC12CCC(C(=O)N(CCC[NH+]3CC[NH+](C4CCCCC4)CC3)C1=O)C2(C)C. The van der Waals surface area contributed by atoms with Gasteiger partial charge in [0.1, 0.15) is 26.2 Å². The maximum Gasteiger partial charge on any atom is 0.235 e. The Hall–Kier alpha value is -0.940. The molecule has 2 bridgehead atoms. The molecule has 4 aliphatic rings. The molecule has 2 unspecified atom stereocenters. The Balaban J connectivity index is 1.25. The molecule has 2 heterocycles. The molecule has 4 fully saturated rings. The van der Waals surface area contributed by atoms with Crippen molar-refractivity contribution in [1.82, 2.24) is 4.90 Å². The molecule has 0 spiro atoms. The van der Waals surface area contributed by atoms with Gasteiger partial charge in [-0.05, 0) is 43.9 Å². The van der Waals surface area contributed by atoms with Gasteiger partial charge >= 0.3 is 0 Å². The number of hydrogen-bond acceptors (Lipinski definition) is 2. The van der Waals surface area contributed by atoms with Gasteiger partial charge in [0.05, 0.1) is 18.0 Å². The summed E-state index contributed by atoms with van der Waals surface area (Å²) in [6.07, 6.45) is 9.85. The summed E-state index contributed by atoms with van der Waals surface area (Å²) in [6, 6.07) is 0.915. The van der Waals surface area contributed by atoms with E-state index < -0.39 is 0 Å². The Bertz CT molecular complexity index is 605. The summed E-state index contributed by atoms with van der Waals surface area (Å²) in [6.45, 7) is 13.2. The van der Waals surface area contributed by atoms with Crippen LogP contribution in [0.15, 0.2) is 0 Å². The third-order valence-corrected chi connectivity index (χ3v) is 9.20. The van der Waals surface area contributed by atoms with Crippen molar-refractivity contribution >= 4 is 11.8 Å². The molecule has 28 heavy (non-hydrogen) atoms. The maximum atomic E-state index is 13.1. The van der Waals surface area contributed by atoms with Gasteiger partial charge in [-0.15, -0.1) is 0 Å². The largest absolute Gasteiger partial charge is 0.326 e. The van der Waals surface area contributed by atoms with Crippen LogP contribution >= 0.6 is 0 Å². The summed E-state index contributed by atoms with van der Waals surface area (Å²) in [4.78, 5) is 31.2. The van der Waals surface area contributed by atoms with Crippen LogP contribution in [-0.2, 0) is 9.59 Å². The van der Waals surface area contributed by atoms with Crippen molar-refractivity contribution in [2.24, 2.45) is 16.7 Å². The monoisotopic (exact) mass is 391 g/mol. The summed E-state index contributed by atoms with van der Waals surface area (Å²) in [5.41, 5.74) is -0.547. The normalized spacial score (nSPS) is 38.8. The Morgan fingerprint density at radius 3 is 2.32 bits per heavy atom. The first-order valence-electron chi connectivity index (χ1n) is 11.9. The summed E-state index contributed by atoms with van der Waals surface area (Å²) < 4.78 is 0. The van der Waals surface area contributed by atoms with Crippen molar-refractivity contribution in [3.8, 4) is 0 Å². The van der Waals surface area contributed by atoms with Crippen molar-refractivity contribution < 1.29 is 19.4 Å². The number of hydrogen-bond donors (Lipinski definition) is 2. The summed E-state index contributed by atoms with van der Waals surface area (Å²) in [5, 5.41) is 0. The van der Waals surface area contributed by atoms with Crippen LogP contribution < -0.4 is 9.80 Å². The quantitative estimate of drug-likeness (QED) is 0.663. The first-order valence-corrected chi connectivity index (χ1v) is 11.9. The molecule has 0 aromatic carbocycles. The van der Waals surface area contributed by atoms with Gasteiger partial charge in [-0.1, -0.05) is 27.2 Å². The molecule has 0 aromatic heterocycles. The second-order valence-electron chi connectivity index (χ2n) is 10.8. The molecular formula is C23H41N3O2+2. The van der Waals surface area contributed by atoms with Gasteiger partial charge in [-0.25, -0.2) is 0 Å². The minimum absolute atomic E-state index is 0.0326. The van der Waals surface area contributed by atoms with Gasteiger partial charge in [0, 0.05) is 18.9 Å². The number of quaternary nitrogens is 2. The van der Waals surface area contributed by atoms with E-state index in [1.807, 2.05) is 4.90 Å². The van der Waals surface area contributed by atoms with Crippen LogP contribution in [0.2, 0.25) is 0 Å². The van der Waals surface area contributed by atoms with E-state index in [1.54, 1.807) is 9.80 Å². The average Bonchev–Trinajstić information content (AvgIpc) is 2.89. The zero-order chi connectivity index (χ0) is 19.9. The predicted molar refractivity (Wildman–Crippen MR) is 109 cm³/mol. The average molecular weight is 392 g/mol. The zero-order valence-corrected chi connectivity index (χ0v) is 18.3. The van der Waals surface area contributed by atoms with Crippen LogP contribution in [-0.4, -0.2) is 62.0 Å². The number of piperidine rings is 1. The topological polar surface area (TPSA) is 46.3 Å². The number of imide groups is 1. The molecule has 2 aliphatic heterocycles. The smallest absolute Gasteiger partial charge is 0.235 e. The van der Waals surface area contributed by atoms with E-state index in [-0.39, 0.29) is 28.6 Å². The number of carbonyl (C=O) groups is 2. The summed E-state index contributed by atoms with van der Waals surface area (Å²) in [7, 11) is 0. The van der Waals surface area contributed by atoms with Crippen molar-refractivity contribution in [3.63, 3.8) is 0 Å². The van der Waals surface area contributed by atoms with Crippen molar-refractivity contribution in [1.29, 1.82) is 0 Å². The fourth-order valence-corrected chi connectivity index (χ4v) is 6.69. The van der Waals surface area contributed by atoms with Crippen LogP contribution in [0.5, 0.6) is 0 Å². The second kappa shape index (κ2) is 7.71. The molecule has 2 aliphatic carbocycles. The third kappa shape index (κ3) is 3.32. The molecule has 158 valence electrons. The summed E-state index contributed by atoms with van der Waals surface area (Å²) in [5.74, 6) is 0.231. The predicted octanol–water partition coefficient (Wildman–Crippen LogP) is 0.304. The maximum absolute atomic E-state index is 13.1. The second-order valence-corrected chi connectivity index (χ2v) is 10.8. The number of nitrogens with zero attached hydrogens (tertiary/aromatic N) is 1. The fraction of sp³-hybridized carbons (Fsp3) is 0.913.